The number of carboxylic acid groups (broad SMARTS) is 1. The molecule has 0 aliphatic rings. The maximum absolute atomic E-state index is 12.3. The summed E-state index contributed by atoms with van der Waals surface area (Å²) in [5, 5.41) is 9.30. The van der Waals surface area contributed by atoms with E-state index in [4.69, 9.17) is 0 Å². The van der Waals surface area contributed by atoms with Crippen molar-refractivity contribution < 1.29 is 9.90 Å². The van der Waals surface area contributed by atoms with E-state index in [1.807, 2.05) is 6.07 Å². The summed E-state index contributed by atoms with van der Waals surface area (Å²) in [5.41, 5.74) is 1.40. The Labute approximate surface area is 118 Å². The van der Waals surface area contributed by atoms with Crippen LogP contribution in [0.15, 0.2) is 39.6 Å². The minimum Gasteiger partial charge on any atom is -0.478 e. The maximum Gasteiger partial charge on any atom is 0.337 e. The number of rotatable bonds is 2. The van der Waals surface area contributed by atoms with Crippen molar-refractivity contribution in [2.24, 2.45) is 0 Å². The number of para-hydroxylation sites is 1. The van der Waals surface area contributed by atoms with Gasteiger partial charge in [0, 0.05) is 11.4 Å². The predicted molar refractivity (Wildman–Crippen MR) is 76.2 cm³/mol. The van der Waals surface area contributed by atoms with E-state index in [-0.39, 0.29) is 15.6 Å². The molecule has 0 saturated heterocycles. The minimum absolute atomic E-state index is 0.148. The minimum atomic E-state index is -1.04. The number of benzene rings is 1. The van der Waals surface area contributed by atoms with Crippen LogP contribution in [0.3, 0.4) is 0 Å². The lowest BCUT2D eigenvalue weighted by Gasteiger charge is -2.15. The molecule has 0 bridgehead atoms. The molecule has 1 aromatic carbocycles. The van der Waals surface area contributed by atoms with Crippen molar-refractivity contribution in [3.05, 3.63) is 62.0 Å². The molecule has 1 aromatic heterocycles. The van der Waals surface area contributed by atoms with Gasteiger partial charge in [-0.15, -0.1) is 0 Å². The highest BCUT2D eigenvalue weighted by Gasteiger charge is 2.20. The number of aromatic nitrogens is 1. The number of hydrogen-bond acceptors (Lipinski definition) is 2. The van der Waals surface area contributed by atoms with Gasteiger partial charge < -0.3 is 5.11 Å². The molecule has 0 fully saturated rings. The highest BCUT2D eigenvalue weighted by Crippen LogP contribution is 2.21. The lowest BCUT2D eigenvalue weighted by molar-refractivity contribution is 0.0694. The smallest absolute Gasteiger partial charge is 0.337 e. The van der Waals surface area contributed by atoms with Crippen molar-refractivity contribution in [3.63, 3.8) is 0 Å². The van der Waals surface area contributed by atoms with Crippen LogP contribution < -0.4 is 5.56 Å². The van der Waals surface area contributed by atoms with Crippen LogP contribution in [0.2, 0.25) is 0 Å². The summed E-state index contributed by atoms with van der Waals surface area (Å²) < 4.78 is 1.68. The Morgan fingerprint density at radius 3 is 2.32 bits per heavy atom. The fourth-order valence-electron chi connectivity index (χ4n) is 2.11. The van der Waals surface area contributed by atoms with E-state index >= 15 is 0 Å². The first kappa shape index (κ1) is 13.5. The van der Waals surface area contributed by atoms with Crippen molar-refractivity contribution in [3.8, 4) is 5.69 Å². The Morgan fingerprint density at radius 2 is 1.79 bits per heavy atom. The molecule has 19 heavy (non-hydrogen) atoms. The van der Waals surface area contributed by atoms with E-state index in [1.54, 1.807) is 38.1 Å². The number of carbonyl (C=O) groups is 1. The SMILES string of the molecule is Cc1c(C(=O)O)c(C)n(-c2ccccc2)c(=O)c1Br. The van der Waals surface area contributed by atoms with Gasteiger partial charge >= 0.3 is 5.97 Å². The topological polar surface area (TPSA) is 59.3 Å². The van der Waals surface area contributed by atoms with E-state index in [0.29, 0.717) is 16.9 Å². The Bertz CT molecular complexity index is 705. The molecule has 0 aliphatic heterocycles. The molecular weight excluding hydrogens is 310 g/mol. The van der Waals surface area contributed by atoms with Crippen LogP contribution in [0, 0.1) is 13.8 Å². The highest BCUT2D eigenvalue weighted by atomic mass is 79.9. The molecular formula is C14H12BrNO3. The second-order valence-electron chi connectivity index (χ2n) is 4.18. The average Bonchev–Trinajstić information content (AvgIpc) is 2.37. The zero-order chi connectivity index (χ0) is 14.2. The number of aromatic carboxylic acids is 1. The summed E-state index contributed by atoms with van der Waals surface area (Å²) in [6.45, 7) is 3.26. The standard InChI is InChI=1S/C14H12BrNO3/c1-8-11(14(18)19)9(2)16(13(17)12(8)15)10-6-4-3-5-7-10/h3-7H,1-2H3,(H,18,19). The van der Waals surface area contributed by atoms with Crippen LogP contribution in [-0.2, 0) is 0 Å². The van der Waals surface area contributed by atoms with Crippen LogP contribution in [0.1, 0.15) is 21.6 Å². The lowest BCUT2D eigenvalue weighted by atomic mass is 10.1. The zero-order valence-corrected chi connectivity index (χ0v) is 12.1. The number of nitrogens with zero attached hydrogens (tertiary/aromatic N) is 1. The van der Waals surface area contributed by atoms with Crippen molar-refractivity contribution in [1.82, 2.24) is 4.57 Å². The third kappa shape index (κ3) is 2.21. The van der Waals surface area contributed by atoms with Gasteiger partial charge in [0.1, 0.15) is 0 Å². The van der Waals surface area contributed by atoms with Crippen LogP contribution in [-0.4, -0.2) is 15.6 Å². The van der Waals surface area contributed by atoms with Gasteiger partial charge in [0.05, 0.1) is 10.0 Å². The molecule has 1 N–H and O–H groups in total. The molecule has 2 aromatic rings. The largest absolute Gasteiger partial charge is 0.478 e. The molecule has 0 aliphatic carbocycles. The maximum atomic E-state index is 12.3. The van der Waals surface area contributed by atoms with Gasteiger partial charge in [-0.25, -0.2) is 4.79 Å². The second kappa shape index (κ2) is 5.01. The van der Waals surface area contributed by atoms with E-state index in [9.17, 15) is 14.7 Å². The summed E-state index contributed by atoms with van der Waals surface area (Å²) in [7, 11) is 0. The number of halogens is 1. The Kier molecular flexibility index (Phi) is 3.57. The van der Waals surface area contributed by atoms with Gasteiger partial charge in [-0.05, 0) is 47.5 Å². The van der Waals surface area contributed by atoms with Gasteiger partial charge in [-0.3, -0.25) is 9.36 Å². The van der Waals surface area contributed by atoms with E-state index < -0.39 is 5.97 Å². The van der Waals surface area contributed by atoms with Gasteiger partial charge in [0.15, 0.2) is 0 Å². The lowest BCUT2D eigenvalue weighted by Crippen LogP contribution is -2.25. The van der Waals surface area contributed by atoms with E-state index in [1.165, 1.54) is 4.57 Å². The Morgan fingerprint density at radius 1 is 1.21 bits per heavy atom. The first-order valence-electron chi connectivity index (χ1n) is 5.65. The molecule has 98 valence electrons. The van der Waals surface area contributed by atoms with E-state index in [0.717, 1.165) is 0 Å². The van der Waals surface area contributed by atoms with Crippen LogP contribution in [0.25, 0.3) is 5.69 Å². The zero-order valence-electron chi connectivity index (χ0n) is 10.5. The normalized spacial score (nSPS) is 10.5. The summed E-state index contributed by atoms with van der Waals surface area (Å²) in [6, 6.07) is 8.97. The third-order valence-electron chi connectivity index (χ3n) is 3.02. The molecule has 0 unspecified atom stereocenters. The number of pyridine rings is 1. The highest BCUT2D eigenvalue weighted by molar-refractivity contribution is 9.10. The molecule has 5 heteroatoms. The van der Waals surface area contributed by atoms with E-state index in [2.05, 4.69) is 15.9 Å². The molecule has 0 saturated carbocycles. The summed E-state index contributed by atoms with van der Waals surface area (Å²) in [4.78, 5) is 23.7. The molecule has 0 spiro atoms. The molecule has 4 nitrogen and oxygen atoms in total. The van der Waals surface area contributed by atoms with Crippen molar-refractivity contribution in [2.45, 2.75) is 13.8 Å². The van der Waals surface area contributed by atoms with Gasteiger partial charge in [-0.2, -0.15) is 0 Å². The van der Waals surface area contributed by atoms with Crippen molar-refractivity contribution in [1.29, 1.82) is 0 Å². The van der Waals surface area contributed by atoms with Crippen molar-refractivity contribution >= 4 is 21.9 Å². The summed E-state index contributed by atoms with van der Waals surface area (Å²) in [6.07, 6.45) is 0. The fraction of sp³-hybridized carbons (Fsp3) is 0.143. The fourth-order valence-corrected chi connectivity index (χ4v) is 2.48. The van der Waals surface area contributed by atoms with Crippen LogP contribution >= 0.6 is 15.9 Å². The van der Waals surface area contributed by atoms with Crippen molar-refractivity contribution in [2.75, 3.05) is 0 Å². The van der Waals surface area contributed by atoms with Gasteiger partial charge in [0.2, 0.25) is 0 Å². The Balaban J connectivity index is 2.90. The molecule has 1 heterocycles. The third-order valence-corrected chi connectivity index (χ3v) is 3.95. The number of carboxylic acids is 1. The van der Waals surface area contributed by atoms with Crippen LogP contribution in [0.5, 0.6) is 0 Å². The van der Waals surface area contributed by atoms with Gasteiger partial charge in [0.25, 0.3) is 5.56 Å². The molecule has 0 amide bonds. The molecule has 0 radical (unpaired) electrons. The second-order valence-corrected chi connectivity index (χ2v) is 4.97. The molecule has 2 rings (SSSR count). The first-order valence-corrected chi connectivity index (χ1v) is 6.45. The number of hydrogen-bond donors (Lipinski definition) is 1. The average molecular weight is 322 g/mol. The molecule has 0 atom stereocenters. The van der Waals surface area contributed by atoms with Crippen LogP contribution in [0.4, 0.5) is 0 Å². The monoisotopic (exact) mass is 321 g/mol. The summed E-state index contributed by atoms with van der Waals surface area (Å²) in [5.74, 6) is -1.04. The summed E-state index contributed by atoms with van der Waals surface area (Å²) >= 11 is 3.18. The first-order chi connectivity index (χ1) is 8.95. The quantitative estimate of drug-likeness (QED) is 0.925. The Hall–Kier alpha value is -1.88. The predicted octanol–water partition coefficient (Wildman–Crippen LogP) is 2.92. The van der Waals surface area contributed by atoms with Gasteiger partial charge in [-0.1, -0.05) is 18.2 Å².